The molecule has 2 aromatic rings. The zero-order chi connectivity index (χ0) is 15.5. The van der Waals surface area contributed by atoms with Crippen molar-refractivity contribution in [1.82, 2.24) is 0 Å². The Balaban J connectivity index is 2.14. The minimum Gasteiger partial charge on any atom is -0.378 e. The standard InChI is InChI=1S/C14H14N3O3S/c1-17(2)13-7-3-11(4-8-13)15-16-12-5-9-14(10-6-12)21(18,19)20/h3-10H,1-2H3. The van der Waals surface area contributed by atoms with E-state index in [1.807, 2.05) is 43.3 Å². The smallest absolute Gasteiger partial charge is 0.324 e. The van der Waals surface area contributed by atoms with Gasteiger partial charge in [0.1, 0.15) is 0 Å². The maximum atomic E-state index is 10.8. The van der Waals surface area contributed by atoms with Gasteiger partial charge in [-0.1, -0.05) is 4.55 Å². The molecule has 0 aliphatic rings. The molecule has 21 heavy (non-hydrogen) atoms. The van der Waals surface area contributed by atoms with Crippen LogP contribution >= 0.6 is 0 Å². The van der Waals surface area contributed by atoms with E-state index in [0.29, 0.717) is 11.4 Å². The van der Waals surface area contributed by atoms with Crippen LogP contribution in [-0.4, -0.2) is 22.5 Å². The number of hydrogen-bond donors (Lipinski definition) is 0. The van der Waals surface area contributed by atoms with Crippen molar-refractivity contribution in [2.45, 2.75) is 4.90 Å². The SMILES string of the molecule is CN(C)c1ccc(N=Nc2ccc(S([O])(=O)=O)cc2)cc1. The van der Waals surface area contributed by atoms with Gasteiger partial charge in [0.05, 0.1) is 16.3 Å². The number of benzene rings is 2. The lowest BCUT2D eigenvalue weighted by Gasteiger charge is -2.11. The van der Waals surface area contributed by atoms with E-state index in [1.54, 1.807) is 0 Å². The van der Waals surface area contributed by atoms with Crippen molar-refractivity contribution in [2.75, 3.05) is 19.0 Å². The number of azo groups is 1. The molecule has 0 aromatic heterocycles. The zero-order valence-corrected chi connectivity index (χ0v) is 12.4. The van der Waals surface area contributed by atoms with E-state index in [0.717, 1.165) is 5.69 Å². The molecule has 0 bridgehead atoms. The largest absolute Gasteiger partial charge is 0.378 e. The number of rotatable bonds is 4. The summed E-state index contributed by atoms with van der Waals surface area (Å²) in [5.41, 5.74) is 2.21. The molecule has 109 valence electrons. The van der Waals surface area contributed by atoms with Crippen LogP contribution < -0.4 is 4.90 Å². The summed E-state index contributed by atoms with van der Waals surface area (Å²) in [6.45, 7) is 0. The van der Waals surface area contributed by atoms with Crippen LogP contribution in [0.3, 0.4) is 0 Å². The minimum absolute atomic E-state index is 0.281. The fourth-order valence-corrected chi connectivity index (χ4v) is 2.08. The predicted molar refractivity (Wildman–Crippen MR) is 79.3 cm³/mol. The molecular weight excluding hydrogens is 290 g/mol. The number of anilines is 1. The molecule has 0 atom stereocenters. The summed E-state index contributed by atoms with van der Waals surface area (Å²) in [5.74, 6) is 0. The first kappa shape index (κ1) is 15.1. The molecule has 7 heteroatoms. The van der Waals surface area contributed by atoms with E-state index < -0.39 is 10.1 Å². The van der Waals surface area contributed by atoms with Gasteiger partial charge < -0.3 is 4.90 Å². The van der Waals surface area contributed by atoms with E-state index >= 15 is 0 Å². The van der Waals surface area contributed by atoms with Crippen LogP contribution in [0.15, 0.2) is 63.7 Å². The Labute approximate surface area is 123 Å². The van der Waals surface area contributed by atoms with Crippen LogP contribution in [0.25, 0.3) is 0 Å². The zero-order valence-electron chi connectivity index (χ0n) is 11.6. The van der Waals surface area contributed by atoms with Crippen molar-refractivity contribution < 1.29 is 13.0 Å². The second-order valence-electron chi connectivity index (χ2n) is 4.56. The maximum Gasteiger partial charge on any atom is 0.324 e. The van der Waals surface area contributed by atoms with Gasteiger partial charge in [0, 0.05) is 19.8 Å². The Hall–Kier alpha value is -2.25. The molecule has 0 aliphatic heterocycles. The van der Waals surface area contributed by atoms with Gasteiger partial charge in [-0.2, -0.15) is 18.6 Å². The Morgan fingerprint density at radius 3 is 1.62 bits per heavy atom. The van der Waals surface area contributed by atoms with Crippen LogP contribution in [-0.2, 0) is 14.7 Å². The summed E-state index contributed by atoms with van der Waals surface area (Å²) in [7, 11) is -0.533. The van der Waals surface area contributed by atoms with E-state index in [4.69, 9.17) is 0 Å². The highest BCUT2D eigenvalue weighted by Gasteiger charge is 2.10. The van der Waals surface area contributed by atoms with E-state index in [1.165, 1.54) is 24.3 Å². The van der Waals surface area contributed by atoms with Gasteiger partial charge in [-0.05, 0) is 48.5 Å². The Kier molecular flexibility index (Phi) is 4.35. The Bertz CT molecular complexity index is 736. The molecule has 1 radical (unpaired) electrons. The first-order valence-electron chi connectivity index (χ1n) is 6.11. The van der Waals surface area contributed by atoms with Crippen LogP contribution in [0.5, 0.6) is 0 Å². The highest BCUT2D eigenvalue weighted by atomic mass is 32.2. The lowest BCUT2D eigenvalue weighted by Crippen LogP contribution is -2.07. The van der Waals surface area contributed by atoms with Crippen molar-refractivity contribution in [3.05, 3.63) is 48.5 Å². The normalized spacial score (nSPS) is 11.8. The Morgan fingerprint density at radius 2 is 1.24 bits per heavy atom. The summed E-state index contributed by atoms with van der Waals surface area (Å²) in [6, 6.07) is 12.8. The highest BCUT2D eigenvalue weighted by Crippen LogP contribution is 2.22. The molecule has 0 fully saturated rings. The maximum absolute atomic E-state index is 10.8. The molecule has 0 heterocycles. The lowest BCUT2D eigenvalue weighted by molar-refractivity contribution is 0.414. The van der Waals surface area contributed by atoms with Crippen molar-refractivity contribution in [1.29, 1.82) is 0 Å². The molecule has 0 unspecified atom stereocenters. The topological polar surface area (TPSA) is 82.0 Å². The summed E-state index contributed by atoms with van der Waals surface area (Å²) < 4.78 is 32.4. The molecule has 6 nitrogen and oxygen atoms in total. The first-order valence-corrected chi connectivity index (χ1v) is 7.52. The second-order valence-corrected chi connectivity index (χ2v) is 5.94. The molecule has 0 saturated carbocycles. The molecule has 0 saturated heterocycles. The third-order valence-electron chi connectivity index (χ3n) is 2.77. The molecule has 2 aromatic carbocycles. The van der Waals surface area contributed by atoms with Crippen molar-refractivity contribution in [2.24, 2.45) is 10.2 Å². The summed E-state index contributed by atoms with van der Waals surface area (Å²) in [4.78, 5) is 1.69. The Morgan fingerprint density at radius 1 is 0.810 bits per heavy atom. The number of hydrogen-bond acceptors (Lipinski definition) is 5. The first-order chi connectivity index (χ1) is 9.86. The molecule has 2 rings (SSSR count). The molecule has 0 spiro atoms. The van der Waals surface area contributed by atoms with Gasteiger partial charge in [-0.3, -0.25) is 0 Å². The summed E-state index contributed by atoms with van der Waals surface area (Å²) in [6.07, 6.45) is 0. The van der Waals surface area contributed by atoms with Crippen LogP contribution in [0.2, 0.25) is 0 Å². The average molecular weight is 304 g/mol. The fourth-order valence-electron chi connectivity index (χ4n) is 1.61. The van der Waals surface area contributed by atoms with Gasteiger partial charge in [0.15, 0.2) is 0 Å². The summed E-state index contributed by atoms with van der Waals surface area (Å²) >= 11 is 0. The van der Waals surface area contributed by atoms with E-state index in [-0.39, 0.29) is 4.90 Å². The third-order valence-corrected chi connectivity index (χ3v) is 3.62. The summed E-state index contributed by atoms with van der Waals surface area (Å²) in [5, 5.41) is 8.04. The van der Waals surface area contributed by atoms with Crippen molar-refractivity contribution in [3.63, 3.8) is 0 Å². The molecule has 0 amide bonds. The van der Waals surface area contributed by atoms with E-state index in [9.17, 15) is 13.0 Å². The van der Waals surface area contributed by atoms with Crippen LogP contribution in [0.4, 0.5) is 17.1 Å². The molecule has 0 N–H and O–H groups in total. The predicted octanol–water partition coefficient (Wildman–Crippen LogP) is 3.29. The average Bonchev–Trinajstić information content (AvgIpc) is 2.45. The van der Waals surface area contributed by atoms with Gasteiger partial charge >= 0.3 is 10.1 Å². The molecule has 0 aliphatic carbocycles. The number of nitrogens with zero attached hydrogens (tertiary/aromatic N) is 3. The quantitative estimate of drug-likeness (QED) is 0.813. The minimum atomic E-state index is -4.43. The van der Waals surface area contributed by atoms with Crippen molar-refractivity contribution >= 4 is 27.2 Å². The monoisotopic (exact) mass is 304 g/mol. The van der Waals surface area contributed by atoms with E-state index in [2.05, 4.69) is 10.2 Å². The third kappa shape index (κ3) is 4.11. The van der Waals surface area contributed by atoms with Gasteiger partial charge in [-0.25, -0.2) is 0 Å². The van der Waals surface area contributed by atoms with Gasteiger partial charge in [0.25, 0.3) is 0 Å². The van der Waals surface area contributed by atoms with Crippen molar-refractivity contribution in [3.8, 4) is 0 Å². The highest BCUT2D eigenvalue weighted by molar-refractivity contribution is 7.85. The van der Waals surface area contributed by atoms with Gasteiger partial charge in [0.2, 0.25) is 0 Å². The fraction of sp³-hybridized carbons (Fsp3) is 0.143. The van der Waals surface area contributed by atoms with Crippen LogP contribution in [0, 0.1) is 0 Å². The van der Waals surface area contributed by atoms with Crippen LogP contribution in [0.1, 0.15) is 0 Å². The lowest BCUT2D eigenvalue weighted by atomic mass is 10.3. The van der Waals surface area contributed by atoms with Gasteiger partial charge in [-0.15, -0.1) is 0 Å². The molecular formula is C14H14N3O3S. The second kappa shape index (κ2) is 6.02.